The fraction of sp³-hybridized carbons (Fsp3) is 0.846. The average molecular weight is 255 g/mol. The zero-order valence-electron chi connectivity index (χ0n) is 10.8. The van der Waals surface area contributed by atoms with E-state index in [1.54, 1.807) is 0 Å². The summed E-state index contributed by atoms with van der Waals surface area (Å²) >= 11 is 0. The molecule has 0 aromatic heterocycles. The molecule has 0 aromatic rings. The van der Waals surface area contributed by atoms with Gasteiger partial charge in [0.2, 0.25) is 5.91 Å². The van der Waals surface area contributed by atoms with Crippen molar-refractivity contribution in [2.75, 3.05) is 13.2 Å². The number of aliphatic carboxylic acids is 1. The maximum atomic E-state index is 12.0. The van der Waals surface area contributed by atoms with E-state index in [0.29, 0.717) is 13.2 Å². The summed E-state index contributed by atoms with van der Waals surface area (Å²) in [6.45, 7) is 3.04. The van der Waals surface area contributed by atoms with Crippen molar-refractivity contribution in [2.45, 2.75) is 45.1 Å². The molecule has 2 N–H and O–H groups in total. The third-order valence-corrected chi connectivity index (χ3v) is 4.29. The zero-order valence-corrected chi connectivity index (χ0v) is 10.8. The lowest BCUT2D eigenvalue weighted by molar-refractivity contribution is -0.142. The molecule has 5 heteroatoms. The van der Waals surface area contributed by atoms with Crippen LogP contribution < -0.4 is 5.32 Å². The summed E-state index contributed by atoms with van der Waals surface area (Å²) in [5.74, 6) is -0.842. The molecule has 0 aromatic carbocycles. The molecule has 1 saturated heterocycles. The van der Waals surface area contributed by atoms with Gasteiger partial charge in [-0.05, 0) is 31.6 Å². The number of amides is 1. The molecule has 102 valence electrons. The molecule has 1 amide bonds. The zero-order chi connectivity index (χ0) is 13.2. The van der Waals surface area contributed by atoms with Gasteiger partial charge < -0.3 is 15.2 Å². The van der Waals surface area contributed by atoms with Crippen molar-refractivity contribution < 1.29 is 19.4 Å². The highest BCUT2D eigenvalue weighted by Crippen LogP contribution is 2.43. The van der Waals surface area contributed by atoms with Crippen LogP contribution in [0.3, 0.4) is 0 Å². The van der Waals surface area contributed by atoms with Crippen LogP contribution in [0, 0.1) is 11.3 Å². The number of carbonyl (C=O) groups excluding carboxylic acids is 1. The molecular weight excluding hydrogens is 234 g/mol. The Labute approximate surface area is 107 Å². The molecule has 0 radical (unpaired) electrons. The van der Waals surface area contributed by atoms with E-state index in [1.807, 2.05) is 6.92 Å². The molecule has 18 heavy (non-hydrogen) atoms. The van der Waals surface area contributed by atoms with Gasteiger partial charge in [-0.25, -0.2) is 0 Å². The molecule has 1 aliphatic heterocycles. The van der Waals surface area contributed by atoms with E-state index in [9.17, 15) is 9.59 Å². The molecule has 2 aliphatic rings. The van der Waals surface area contributed by atoms with Crippen molar-refractivity contribution in [3.8, 4) is 0 Å². The Morgan fingerprint density at radius 3 is 2.61 bits per heavy atom. The van der Waals surface area contributed by atoms with Gasteiger partial charge in [-0.1, -0.05) is 6.42 Å². The van der Waals surface area contributed by atoms with Gasteiger partial charge in [0.05, 0.1) is 18.4 Å². The van der Waals surface area contributed by atoms with Crippen molar-refractivity contribution in [2.24, 2.45) is 11.3 Å². The first-order valence-electron chi connectivity index (χ1n) is 6.64. The molecule has 2 atom stereocenters. The standard InChI is InChI=1S/C13H21NO4/c1-9-10(3-6-18-9)12(17)14-8-13(4-2-5-13)7-11(15)16/h9-10H,2-8H2,1H3,(H,14,17)(H,15,16). The molecule has 1 saturated carbocycles. The van der Waals surface area contributed by atoms with Crippen LogP contribution in [0.2, 0.25) is 0 Å². The van der Waals surface area contributed by atoms with Gasteiger partial charge in [-0.2, -0.15) is 0 Å². The monoisotopic (exact) mass is 255 g/mol. The van der Waals surface area contributed by atoms with Crippen molar-refractivity contribution in [3.63, 3.8) is 0 Å². The second kappa shape index (κ2) is 5.26. The number of hydrogen-bond donors (Lipinski definition) is 2. The number of carboxylic acid groups (broad SMARTS) is 1. The summed E-state index contributed by atoms with van der Waals surface area (Å²) in [4.78, 5) is 22.8. The first-order valence-corrected chi connectivity index (χ1v) is 6.64. The lowest BCUT2D eigenvalue weighted by atomic mass is 9.66. The molecule has 2 fully saturated rings. The molecule has 0 bridgehead atoms. The Kier molecular flexibility index (Phi) is 3.90. The number of rotatable bonds is 5. The smallest absolute Gasteiger partial charge is 0.303 e. The van der Waals surface area contributed by atoms with Crippen molar-refractivity contribution >= 4 is 11.9 Å². The van der Waals surface area contributed by atoms with Gasteiger partial charge in [0.25, 0.3) is 0 Å². The number of ether oxygens (including phenoxy) is 1. The highest BCUT2D eigenvalue weighted by Gasteiger charge is 2.40. The summed E-state index contributed by atoms with van der Waals surface area (Å²) in [6.07, 6.45) is 3.75. The molecular formula is C13H21NO4. The Balaban J connectivity index is 1.82. The van der Waals surface area contributed by atoms with Crippen LogP contribution in [-0.4, -0.2) is 36.2 Å². The molecule has 1 aliphatic carbocycles. The third-order valence-electron chi connectivity index (χ3n) is 4.29. The Morgan fingerprint density at radius 2 is 2.17 bits per heavy atom. The molecule has 1 heterocycles. The SMILES string of the molecule is CC1OCCC1C(=O)NCC1(CC(=O)O)CCC1. The van der Waals surface area contributed by atoms with E-state index in [1.165, 1.54) is 0 Å². The van der Waals surface area contributed by atoms with E-state index in [2.05, 4.69) is 5.32 Å². The van der Waals surface area contributed by atoms with Gasteiger partial charge in [0, 0.05) is 13.2 Å². The van der Waals surface area contributed by atoms with Gasteiger partial charge in [-0.15, -0.1) is 0 Å². The fourth-order valence-electron chi connectivity index (χ4n) is 2.90. The minimum absolute atomic E-state index is 0.0108. The number of nitrogens with one attached hydrogen (secondary N) is 1. The van der Waals surface area contributed by atoms with E-state index in [4.69, 9.17) is 9.84 Å². The van der Waals surface area contributed by atoms with Gasteiger partial charge in [-0.3, -0.25) is 9.59 Å². The van der Waals surface area contributed by atoms with Crippen molar-refractivity contribution in [1.82, 2.24) is 5.32 Å². The number of carboxylic acids is 1. The van der Waals surface area contributed by atoms with Crippen LogP contribution >= 0.6 is 0 Å². The van der Waals surface area contributed by atoms with Crippen LogP contribution in [0.5, 0.6) is 0 Å². The maximum Gasteiger partial charge on any atom is 0.303 e. The normalized spacial score (nSPS) is 29.6. The Bertz CT molecular complexity index is 338. The first-order chi connectivity index (χ1) is 8.52. The quantitative estimate of drug-likeness (QED) is 0.773. The summed E-state index contributed by atoms with van der Waals surface area (Å²) in [5, 5.41) is 11.8. The van der Waals surface area contributed by atoms with Gasteiger partial charge in [0.1, 0.15) is 0 Å². The number of carbonyl (C=O) groups is 2. The predicted octanol–water partition coefficient (Wildman–Crippen LogP) is 1.17. The van der Waals surface area contributed by atoms with Crippen LogP contribution in [0.1, 0.15) is 39.0 Å². The van der Waals surface area contributed by atoms with Crippen LogP contribution in [0.15, 0.2) is 0 Å². The van der Waals surface area contributed by atoms with Crippen LogP contribution in [0.25, 0.3) is 0 Å². The highest BCUT2D eigenvalue weighted by atomic mass is 16.5. The third kappa shape index (κ3) is 2.83. The summed E-state index contributed by atoms with van der Waals surface area (Å²) in [6, 6.07) is 0. The lowest BCUT2D eigenvalue weighted by Crippen LogP contribution is -2.45. The Hall–Kier alpha value is -1.10. The maximum absolute atomic E-state index is 12.0. The average Bonchev–Trinajstić information content (AvgIpc) is 2.67. The first kappa shape index (κ1) is 13.3. The Morgan fingerprint density at radius 1 is 1.44 bits per heavy atom. The van der Waals surface area contributed by atoms with Gasteiger partial charge in [0.15, 0.2) is 0 Å². The van der Waals surface area contributed by atoms with E-state index in [-0.39, 0.29) is 29.8 Å². The second-order valence-electron chi connectivity index (χ2n) is 5.61. The van der Waals surface area contributed by atoms with E-state index < -0.39 is 5.97 Å². The molecule has 2 unspecified atom stereocenters. The largest absolute Gasteiger partial charge is 0.481 e. The van der Waals surface area contributed by atoms with Crippen molar-refractivity contribution in [3.05, 3.63) is 0 Å². The predicted molar refractivity (Wildman–Crippen MR) is 65.1 cm³/mol. The summed E-state index contributed by atoms with van der Waals surface area (Å²) < 4.78 is 5.37. The van der Waals surface area contributed by atoms with E-state index in [0.717, 1.165) is 25.7 Å². The van der Waals surface area contributed by atoms with Crippen LogP contribution in [-0.2, 0) is 14.3 Å². The topological polar surface area (TPSA) is 75.6 Å². The molecule has 2 rings (SSSR count). The summed E-state index contributed by atoms with van der Waals surface area (Å²) in [7, 11) is 0. The minimum Gasteiger partial charge on any atom is -0.481 e. The minimum atomic E-state index is -0.776. The second-order valence-corrected chi connectivity index (χ2v) is 5.61. The van der Waals surface area contributed by atoms with Crippen molar-refractivity contribution in [1.29, 1.82) is 0 Å². The highest BCUT2D eigenvalue weighted by molar-refractivity contribution is 5.79. The van der Waals surface area contributed by atoms with E-state index >= 15 is 0 Å². The number of hydrogen-bond acceptors (Lipinski definition) is 3. The van der Waals surface area contributed by atoms with Crippen LogP contribution in [0.4, 0.5) is 0 Å². The van der Waals surface area contributed by atoms with Gasteiger partial charge >= 0.3 is 5.97 Å². The molecule has 5 nitrogen and oxygen atoms in total. The lowest BCUT2D eigenvalue weighted by Gasteiger charge is -2.41. The molecule has 0 spiro atoms. The summed E-state index contributed by atoms with van der Waals surface area (Å²) in [5.41, 5.74) is -0.204. The fourth-order valence-corrected chi connectivity index (χ4v) is 2.90.